The maximum atomic E-state index is 12.4. The number of amides is 1. The van der Waals surface area contributed by atoms with Crippen molar-refractivity contribution in [3.63, 3.8) is 0 Å². The molecule has 0 aromatic carbocycles. The molecular weight excluding hydrogens is 350 g/mol. The number of rotatable bonds is 5. The summed E-state index contributed by atoms with van der Waals surface area (Å²) in [6.07, 6.45) is 9.98. The molecule has 3 fully saturated rings. The molecule has 0 spiro atoms. The molecule has 3 rings (SSSR count). The molecule has 3 N–H and O–H groups in total. The summed E-state index contributed by atoms with van der Waals surface area (Å²) in [4.78, 5) is 12.4. The van der Waals surface area contributed by atoms with Crippen molar-refractivity contribution in [2.45, 2.75) is 69.5 Å². The van der Waals surface area contributed by atoms with Gasteiger partial charge in [0.1, 0.15) is 0 Å². The van der Waals surface area contributed by atoms with E-state index in [-0.39, 0.29) is 36.3 Å². The first kappa shape index (κ1) is 19.9. The largest absolute Gasteiger partial charge is 0.354 e. The van der Waals surface area contributed by atoms with Crippen molar-refractivity contribution in [1.29, 1.82) is 0 Å². The molecule has 0 bridgehead atoms. The van der Waals surface area contributed by atoms with Crippen LogP contribution in [0.25, 0.3) is 0 Å². The number of sulfonamides is 1. The minimum absolute atomic E-state index is 0. The minimum Gasteiger partial charge on any atom is -0.354 e. The molecule has 0 aromatic heterocycles. The number of nitrogens with one attached hydrogen (secondary N) is 3. The fourth-order valence-corrected chi connectivity index (χ4v) is 5.45. The van der Waals surface area contributed by atoms with Crippen LogP contribution in [0, 0.1) is 11.8 Å². The van der Waals surface area contributed by atoms with Gasteiger partial charge in [0.25, 0.3) is 0 Å². The van der Waals surface area contributed by atoms with E-state index in [1.54, 1.807) is 0 Å². The fraction of sp³-hybridized carbons (Fsp3) is 0.938. The predicted octanol–water partition coefficient (Wildman–Crippen LogP) is 1.16. The van der Waals surface area contributed by atoms with E-state index in [0.29, 0.717) is 18.5 Å². The maximum Gasteiger partial charge on any atom is 0.237 e. The van der Waals surface area contributed by atoms with E-state index in [1.165, 1.54) is 31.9 Å². The molecule has 1 saturated heterocycles. The number of fused-ring (bicyclic) bond motifs is 1. The van der Waals surface area contributed by atoms with E-state index in [2.05, 4.69) is 15.4 Å². The fourth-order valence-electron chi connectivity index (χ4n) is 4.59. The van der Waals surface area contributed by atoms with Gasteiger partial charge in [0.05, 0.1) is 12.3 Å². The quantitative estimate of drug-likeness (QED) is 0.669. The van der Waals surface area contributed by atoms with Gasteiger partial charge < -0.3 is 10.6 Å². The number of hydrogen-bond donors (Lipinski definition) is 3. The molecule has 1 heterocycles. The second kappa shape index (κ2) is 8.34. The van der Waals surface area contributed by atoms with Gasteiger partial charge in [0, 0.05) is 18.6 Å². The number of hydrogen-bond acceptors (Lipinski definition) is 4. The van der Waals surface area contributed by atoms with Crippen LogP contribution in [-0.4, -0.2) is 45.3 Å². The highest BCUT2D eigenvalue weighted by atomic mass is 35.5. The zero-order chi connectivity index (χ0) is 16.4. The van der Waals surface area contributed by atoms with Crippen molar-refractivity contribution >= 4 is 28.3 Å². The molecule has 1 aliphatic heterocycles. The monoisotopic (exact) mass is 379 g/mol. The molecule has 2 aliphatic carbocycles. The molecule has 24 heavy (non-hydrogen) atoms. The summed E-state index contributed by atoms with van der Waals surface area (Å²) in [5, 5.41) is 6.55. The van der Waals surface area contributed by atoms with Gasteiger partial charge in [-0.2, -0.15) is 0 Å². The third kappa shape index (κ3) is 5.07. The Kier molecular flexibility index (Phi) is 6.93. The van der Waals surface area contributed by atoms with Crippen molar-refractivity contribution in [3.8, 4) is 0 Å². The summed E-state index contributed by atoms with van der Waals surface area (Å²) < 4.78 is 25.5. The van der Waals surface area contributed by atoms with Gasteiger partial charge in [0.2, 0.25) is 15.9 Å². The minimum atomic E-state index is -3.18. The molecule has 8 heteroatoms. The second-order valence-corrected chi connectivity index (χ2v) is 9.32. The van der Waals surface area contributed by atoms with E-state index < -0.39 is 10.0 Å². The SMILES string of the molecule is CS(=O)(=O)NC1CCCC1CNC(=O)C1CC2CCCCC2N1.Cl. The Hall–Kier alpha value is -0.370. The van der Waals surface area contributed by atoms with E-state index in [4.69, 9.17) is 0 Å². The van der Waals surface area contributed by atoms with Crippen molar-refractivity contribution < 1.29 is 13.2 Å². The maximum absolute atomic E-state index is 12.4. The normalized spacial score (nSPS) is 36.0. The zero-order valence-electron chi connectivity index (χ0n) is 14.3. The Labute approximate surface area is 151 Å². The summed E-state index contributed by atoms with van der Waals surface area (Å²) in [5.41, 5.74) is 0. The summed E-state index contributed by atoms with van der Waals surface area (Å²) in [5.74, 6) is 0.951. The Morgan fingerprint density at radius 2 is 1.88 bits per heavy atom. The first-order valence-electron chi connectivity index (χ1n) is 8.93. The topological polar surface area (TPSA) is 87.3 Å². The highest BCUT2D eigenvalue weighted by molar-refractivity contribution is 7.88. The molecule has 5 atom stereocenters. The van der Waals surface area contributed by atoms with E-state index in [9.17, 15) is 13.2 Å². The van der Waals surface area contributed by atoms with Gasteiger partial charge in [-0.15, -0.1) is 12.4 Å². The Bertz CT molecular complexity index is 529. The summed E-state index contributed by atoms with van der Waals surface area (Å²) in [7, 11) is -3.18. The number of halogens is 1. The van der Waals surface area contributed by atoms with Crippen LogP contribution in [0.15, 0.2) is 0 Å². The van der Waals surface area contributed by atoms with Gasteiger partial charge >= 0.3 is 0 Å². The lowest BCUT2D eigenvalue weighted by molar-refractivity contribution is -0.123. The molecule has 1 amide bonds. The first-order chi connectivity index (χ1) is 10.9. The summed E-state index contributed by atoms with van der Waals surface area (Å²) in [6.45, 7) is 0.569. The van der Waals surface area contributed by atoms with Crippen LogP contribution < -0.4 is 15.4 Å². The van der Waals surface area contributed by atoms with Crippen LogP contribution in [0.2, 0.25) is 0 Å². The molecule has 6 nitrogen and oxygen atoms in total. The van der Waals surface area contributed by atoms with E-state index >= 15 is 0 Å². The molecule has 140 valence electrons. The molecule has 3 aliphatic rings. The number of carbonyl (C=O) groups excluding carboxylic acids is 1. The predicted molar refractivity (Wildman–Crippen MR) is 96.7 cm³/mol. The van der Waals surface area contributed by atoms with Crippen LogP contribution >= 0.6 is 12.4 Å². The third-order valence-corrected chi connectivity index (χ3v) is 6.47. The van der Waals surface area contributed by atoms with Crippen LogP contribution in [0.1, 0.15) is 51.4 Å². The van der Waals surface area contributed by atoms with Crippen molar-refractivity contribution in [2.75, 3.05) is 12.8 Å². The van der Waals surface area contributed by atoms with Gasteiger partial charge in [-0.3, -0.25) is 4.79 Å². The van der Waals surface area contributed by atoms with Crippen LogP contribution in [0.5, 0.6) is 0 Å². The average Bonchev–Trinajstić information content (AvgIpc) is 3.09. The van der Waals surface area contributed by atoms with Crippen LogP contribution in [-0.2, 0) is 14.8 Å². The lowest BCUT2D eigenvalue weighted by Crippen LogP contribution is -2.46. The van der Waals surface area contributed by atoms with Crippen LogP contribution in [0.3, 0.4) is 0 Å². The van der Waals surface area contributed by atoms with E-state index in [1.807, 2.05) is 0 Å². The summed E-state index contributed by atoms with van der Waals surface area (Å²) >= 11 is 0. The number of carbonyl (C=O) groups is 1. The lowest BCUT2D eigenvalue weighted by atomic mass is 9.85. The first-order valence-corrected chi connectivity index (χ1v) is 10.8. The summed E-state index contributed by atoms with van der Waals surface area (Å²) in [6, 6.07) is 0.417. The Balaban J connectivity index is 0.00000208. The van der Waals surface area contributed by atoms with Crippen LogP contribution in [0.4, 0.5) is 0 Å². The van der Waals surface area contributed by atoms with Gasteiger partial charge in [-0.1, -0.05) is 19.3 Å². The molecular formula is C16H30ClN3O3S. The third-order valence-electron chi connectivity index (χ3n) is 5.74. The molecule has 0 aromatic rings. The Morgan fingerprint density at radius 3 is 2.58 bits per heavy atom. The van der Waals surface area contributed by atoms with Crippen molar-refractivity contribution in [3.05, 3.63) is 0 Å². The van der Waals surface area contributed by atoms with Crippen molar-refractivity contribution in [2.24, 2.45) is 11.8 Å². The zero-order valence-corrected chi connectivity index (χ0v) is 15.9. The van der Waals surface area contributed by atoms with E-state index in [0.717, 1.165) is 25.7 Å². The molecule has 5 unspecified atom stereocenters. The van der Waals surface area contributed by atoms with Gasteiger partial charge in [-0.05, 0) is 43.9 Å². The molecule has 0 radical (unpaired) electrons. The smallest absolute Gasteiger partial charge is 0.237 e. The lowest BCUT2D eigenvalue weighted by Gasteiger charge is -2.24. The van der Waals surface area contributed by atoms with Gasteiger partial charge in [-0.25, -0.2) is 13.1 Å². The highest BCUT2D eigenvalue weighted by Gasteiger charge is 2.38. The van der Waals surface area contributed by atoms with Gasteiger partial charge in [0.15, 0.2) is 0 Å². The average molecular weight is 380 g/mol. The Morgan fingerprint density at radius 1 is 1.12 bits per heavy atom. The standard InChI is InChI=1S/C16H29N3O3S.ClH/c1-23(21,22)19-14-8-4-6-12(14)10-17-16(20)15-9-11-5-2-3-7-13(11)18-15;/h11-15,18-19H,2-10H2,1H3,(H,17,20);1H. The molecule has 2 saturated carbocycles. The highest BCUT2D eigenvalue weighted by Crippen LogP contribution is 2.33. The van der Waals surface area contributed by atoms with Crippen molar-refractivity contribution in [1.82, 2.24) is 15.4 Å². The second-order valence-electron chi connectivity index (χ2n) is 7.54.